The van der Waals surface area contributed by atoms with Gasteiger partial charge in [-0.25, -0.2) is 0 Å². The molecule has 2 aromatic carbocycles. The zero-order valence-electron chi connectivity index (χ0n) is 18.6. The van der Waals surface area contributed by atoms with Crippen molar-refractivity contribution in [2.45, 2.75) is 33.9 Å². The molecule has 0 aliphatic carbocycles. The van der Waals surface area contributed by atoms with Crippen LogP contribution in [0, 0.1) is 20.8 Å². The molecule has 3 aromatic rings. The normalized spacial score (nSPS) is 14.6. The fourth-order valence-corrected chi connectivity index (χ4v) is 4.85. The molecule has 0 bridgehead atoms. The predicted molar refractivity (Wildman–Crippen MR) is 127 cm³/mol. The Hall–Kier alpha value is -2.63. The molecule has 1 fully saturated rings. The quantitative estimate of drug-likeness (QED) is 0.534. The SMILES string of the molecule is Cc1cc(C)c(C)c(OCc2csc(C(=O)N3CCN(Cc4ccccc4)CC3)c2)c1. The average Bonchev–Trinajstić information content (AvgIpc) is 3.25. The first-order valence-corrected chi connectivity index (χ1v) is 11.7. The van der Waals surface area contributed by atoms with Gasteiger partial charge in [0.05, 0.1) is 4.88 Å². The number of amides is 1. The van der Waals surface area contributed by atoms with Crippen LogP contribution in [0.15, 0.2) is 53.9 Å². The van der Waals surface area contributed by atoms with Crippen LogP contribution in [0.4, 0.5) is 0 Å². The standard InChI is InChI=1S/C26H30N2O2S/c1-19-13-20(2)21(3)24(14-19)30-17-23-15-25(31-18-23)26(29)28-11-9-27(10-12-28)16-22-7-5-4-6-8-22/h4-8,13-15,18H,9-12,16-17H2,1-3H3. The molecule has 162 valence electrons. The fraction of sp³-hybridized carbons (Fsp3) is 0.346. The number of nitrogens with zero attached hydrogens (tertiary/aromatic N) is 2. The summed E-state index contributed by atoms with van der Waals surface area (Å²) in [7, 11) is 0. The number of carbonyl (C=O) groups excluding carboxylic acids is 1. The van der Waals surface area contributed by atoms with Crippen LogP contribution >= 0.6 is 11.3 Å². The molecule has 1 amide bonds. The Morgan fingerprint density at radius 3 is 2.45 bits per heavy atom. The second-order valence-electron chi connectivity index (χ2n) is 8.37. The zero-order valence-corrected chi connectivity index (χ0v) is 19.4. The maximum Gasteiger partial charge on any atom is 0.264 e. The summed E-state index contributed by atoms with van der Waals surface area (Å²) in [5.41, 5.74) is 5.98. The highest BCUT2D eigenvalue weighted by atomic mass is 32.1. The summed E-state index contributed by atoms with van der Waals surface area (Å²) in [4.78, 5) is 18.2. The molecule has 2 heterocycles. The highest BCUT2D eigenvalue weighted by molar-refractivity contribution is 7.12. The van der Waals surface area contributed by atoms with Gasteiger partial charge in [0.2, 0.25) is 0 Å². The highest BCUT2D eigenvalue weighted by Crippen LogP contribution is 2.25. The van der Waals surface area contributed by atoms with Crippen molar-refractivity contribution >= 4 is 17.2 Å². The first-order valence-electron chi connectivity index (χ1n) is 10.8. The van der Waals surface area contributed by atoms with Crippen LogP contribution in [-0.2, 0) is 13.2 Å². The van der Waals surface area contributed by atoms with E-state index in [1.165, 1.54) is 33.6 Å². The molecule has 0 unspecified atom stereocenters. The van der Waals surface area contributed by atoms with E-state index in [4.69, 9.17) is 4.74 Å². The molecule has 0 N–H and O–H groups in total. The minimum absolute atomic E-state index is 0.137. The maximum absolute atomic E-state index is 13.0. The maximum atomic E-state index is 13.0. The van der Waals surface area contributed by atoms with Crippen LogP contribution in [0.5, 0.6) is 5.75 Å². The van der Waals surface area contributed by atoms with Crippen molar-refractivity contribution in [3.05, 3.63) is 86.6 Å². The number of thiophene rings is 1. The average molecular weight is 435 g/mol. The van der Waals surface area contributed by atoms with Crippen LogP contribution in [0.2, 0.25) is 0 Å². The van der Waals surface area contributed by atoms with Crippen LogP contribution in [0.1, 0.15) is 37.5 Å². The Morgan fingerprint density at radius 1 is 0.968 bits per heavy atom. The summed E-state index contributed by atoms with van der Waals surface area (Å²) >= 11 is 1.52. The first-order chi connectivity index (χ1) is 15.0. The van der Waals surface area contributed by atoms with Gasteiger partial charge >= 0.3 is 0 Å². The molecular weight excluding hydrogens is 404 g/mol. The van der Waals surface area contributed by atoms with Crippen molar-refractivity contribution in [2.75, 3.05) is 26.2 Å². The minimum atomic E-state index is 0.137. The second kappa shape index (κ2) is 9.67. The molecular formula is C26H30N2O2S. The van der Waals surface area contributed by atoms with E-state index in [1.807, 2.05) is 22.4 Å². The molecule has 1 aromatic heterocycles. The van der Waals surface area contributed by atoms with Crippen LogP contribution in [-0.4, -0.2) is 41.9 Å². The Labute approximate surface area is 189 Å². The number of rotatable bonds is 6. The van der Waals surface area contributed by atoms with Crippen molar-refractivity contribution in [3.8, 4) is 5.75 Å². The number of hydrogen-bond acceptors (Lipinski definition) is 4. The van der Waals surface area contributed by atoms with Gasteiger partial charge in [-0.1, -0.05) is 36.4 Å². The summed E-state index contributed by atoms with van der Waals surface area (Å²) in [5, 5.41) is 2.04. The van der Waals surface area contributed by atoms with E-state index < -0.39 is 0 Å². The van der Waals surface area contributed by atoms with E-state index in [0.29, 0.717) is 6.61 Å². The summed E-state index contributed by atoms with van der Waals surface area (Å²) < 4.78 is 6.07. The molecule has 0 radical (unpaired) electrons. The van der Waals surface area contributed by atoms with Gasteiger partial charge < -0.3 is 9.64 Å². The van der Waals surface area contributed by atoms with Crippen molar-refractivity contribution in [1.29, 1.82) is 0 Å². The number of aryl methyl sites for hydroxylation is 2. The van der Waals surface area contributed by atoms with E-state index in [2.05, 4.69) is 62.1 Å². The molecule has 4 rings (SSSR count). The predicted octanol–water partition coefficient (Wildman–Crippen LogP) is 5.21. The van der Waals surface area contributed by atoms with Crippen LogP contribution in [0.25, 0.3) is 0 Å². The van der Waals surface area contributed by atoms with Gasteiger partial charge in [0, 0.05) is 38.3 Å². The molecule has 1 saturated heterocycles. The number of carbonyl (C=O) groups is 1. The third-order valence-electron chi connectivity index (χ3n) is 5.93. The third-order valence-corrected chi connectivity index (χ3v) is 6.90. The molecule has 4 nitrogen and oxygen atoms in total. The number of ether oxygens (including phenoxy) is 1. The van der Waals surface area contributed by atoms with E-state index in [0.717, 1.165) is 48.9 Å². The molecule has 5 heteroatoms. The molecule has 1 aliphatic rings. The topological polar surface area (TPSA) is 32.8 Å². The van der Waals surface area contributed by atoms with E-state index in [-0.39, 0.29) is 5.91 Å². The third kappa shape index (κ3) is 5.35. The highest BCUT2D eigenvalue weighted by Gasteiger charge is 2.23. The summed E-state index contributed by atoms with van der Waals surface area (Å²) in [6.45, 7) is 11.1. The number of hydrogen-bond donors (Lipinski definition) is 0. The largest absolute Gasteiger partial charge is 0.489 e. The summed E-state index contributed by atoms with van der Waals surface area (Å²) in [5.74, 6) is 1.06. The van der Waals surface area contributed by atoms with Crippen molar-refractivity contribution in [2.24, 2.45) is 0 Å². The lowest BCUT2D eigenvalue weighted by atomic mass is 10.1. The Morgan fingerprint density at radius 2 is 1.71 bits per heavy atom. The Kier molecular flexibility index (Phi) is 6.73. The monoisotopic (exact) mass is 434 g/mol. The zero-order chi connectivity index (χ0) is 21.8. The number of benzene rings is 2. The van der Waals surface area contributed by atoms with Gasteiger partial charge in [0.1, 0.15) is 12.4 Å². The van der Waals surface area contributed by atoms with Gasteiger partial charge in [-0.05, 0) is 60.5 Å². The van der Waals surface area contributed by atoms with E-state index >= 15 is 0 Å². The van der Waals surface area contributed by atoms with Gasteiger partial charge in [-0.3, -0.25) is 9.69 Å². The smallest absolute Gasteiger partial charge is 0.264 e. The van der Waals surface area contributed by atoms with Crippen molar-refractivity contribution in [1.82, 2.24) is 9.80 Å². The minimum Gasteiger partial charge on any atom is -0.489 e. The number of piperazine rings is 1. The molecule has 0 spiro atoms. The van der Waals surface area contributed by atoms with Crippen LogP contribution < -0.4 is 4.74 Å². The lowest BCUT2D eigenvalue weighted by Gasteiger charge is -2.34. The molecule has 0 saturated carbocycles. The molecule has 31 heavy (non-hydrogen) atoms. The summed E-state index contributed by atoms with van der Waals surface area (Å²) in [6, 6.07) is 16.8. The van der Waals surface area contributed by atoms with Gasteiger partial charge in [-0.15, -0.1) is 11.3 Å². The van der Waals surface area contributed by atoms with E-state index in [9.17, 15) is 4.79 Å². The Bertz CT molecular complexity index is 1040. The van der Waals surface area contributed by atoms with Gasteiger partial charge in [0.15, 0.2) is 0 Å². The van der Waals surface area contributed by atoms with Crippen molar-refractivity contribution < 1.29 is 9.53 Å². The lowest BCUT2D eigenvalue weighted by Crippen LogP contribution is -2.48. The Balaban J connectivity index is 1.30. The van der Waals surface area contributed by atoms with Gasteiger partial charge in [-0.2, -0.15) is 0 Å². The van der Waals surface area contributed by atoms with Crippen LogP contribution in [0.3, 0.4) is 0 Å². The van der Waals surface area contributed by atoms with E-state index in [1.54, 1.807) is 0 Å². The first kappa shape index (κ1) is 21.6. The van der Waals surface area contributed by atoms with Crippen molar-refractivity contribution in [3.63, 3.8) is 0 Å². The second-order valence-corrected chi connectivity index (χ2v) is 9.28. The fourth-order valence-electron chi connectivity index (χ4n) is 3.98. The van der Waals surface area contributed by atoms with Gasteiger partial charge in [0.25, 0.3) is 5.91 Å². The lowest BCUT2D eigenvalue weighted by molar-refractivity contribution is 0.0633. The molecule has 0 atom stereocenters. The molecule has 1 aliphatic heterocycles. The summed E-state index contributed by atoms with van der Waals surface area (Å²) in [6.07, 6.45) is 0.